The molecule has 1 aliphatic rings. The van der Waals surface area contributed by atoms with E-state index in [1.165, 1.54) is 37.1 Å². The van der Waals surface area contributed by atoms with E-state index < -0.39 is 0 Å². The molecule has 3 nitrogen and oxygen atoms in total. The van der Waals surface area contributed by atoms with Gasteiger partial charge in [-0.15, -0.1) is 0 Å². The Hall–Kier alpha value is -1.61. The van der Waals surface area contributed by atoms with Crippen molar-refractivity contribution in [3.8, 4) is 11.3 Å². The van der Waals surface area contributed by atoms with Crippen molar-refractivity contribution in [1.29, 1.82) is 0 Å². The Balaban J connectivity index is 1.87. The smallest absolute Gasteiger partial charge is 0.103 e. The topological polar surface area (TPSA) is 31.9 Å². The summed E-state index contributed by atoms with van der Waals surface area (Å²) >= 11 is 0. The van der Waals surface area contributed by atoms with Gasteiger partial charge in [-0.05, 0) is 57.0 Å². The van der Waals surface area contributed by atoms with Gasteiger partial charge in [-0.25, -0.2) is 4.98 Å². The van der Waals surface area contributed by atoms with Crippen molar-refractivity contribution in [3.63, 3.8) is 0 Å². The molecule has 1 saturated heterocycles. The zero-order chi connectivity index (χ0) is 13.2. The van der Waals surface area contributed by atoms with Crippen molar-refractivity contribution in [2.24, 2.45) is 0 Å². The van der Waals surface area contributed by atoms with Gasteiger partial charge in [0.05, 0.1) is 11.9 Å². The number of imidazole rings is 1. The lowest BCUT2D eigenvalue weighted by Gasteiger charge is -2.24. The second-order valence-corrected chi connectivity index (χ2v) is 5.43. The fourth-order valence-electron chi connectivity index (χ4n) is 2.87. The maximum Gasteiger partial charge on any atom is 0.103 e. The van der Waals surface area contributed by atoms with Crippen molar-refractivity contribution in [1.82, 2.24) is 14.9 Å². The predicted molar refractivity (Wildman–Crippen MR) is 78.0 cm³/mol. The van der Waals surface area contributed by atoms with Gasteiger partial charge in [-0.2, -0.15) is 0 Å². The van der Waals surface area contributed by atoms with Crippen LogP contribution >= 0.6 is 0 Å². The third-order valence-electron chi connectivity index (χ3n) is 4.07. The van der Waals surface area contributed by atoms with Crippen molar-refractivity contribution < 1.29 is 0 Å². The summed E-state index contributed by atoms with van der Waals surface area (Å²) in [7, 11) is 0. The van der Waals surface area contributed by atoms with E-state index in [0.717, 1.165) is 11.5 Å². The molecule has 0 amide bonds. The molecule has 1 N–H and O–H groups in total. The largest absolute Gasteiger partial charge is 0.342 e. The molecule has 1 fully saturated rings. The van der Waals surface area contributed by atoms with Crippen LogP contribution in [0.5, 0.6) is 0 Å². The Bertz CT molecular complexity index is 553. The number of aromatic amines is 1. The lowest BCUT2D eigenvalue weighted by atomic mass is 10.0. The highest BCUT2D eigenvalue weighted by molar-refractivity contribution is 5.59. The molecule has 0 bridgehead atoms. The number of aryl methyl sites for hydroxylation is 1. The Morgan fingerprint density at radius 2 is 2.05 bits per heavy atom. The van der Waals surface area contributed by atoms with E-state index in [9.17, 15) is 0 Å². The van der Waals surface area contributed by atoms with Crippen LogP contribution in [0.4, 0.5) is 0 Å². The minimum absolute atomic E-state index is 0.506. The normalized spacial score (nSPS) is 17.8. The van der Waals surface area contributed by atoms with Crippen LogP contribution in [-0.2, 0) is 0 Å². The van der Waals surface area contributed by atoms with Crippen LogP contribution in [0.1, 0.15) is 37.2 Å². The first-order valence-corrected chi connectivity index (χ1v) is 7.10. The Morgan fingerprint density at radius 1 is 1.26 bits per heavy atom. The summed E-state index contributed by atoms with van der Waals surface area (Å²) in [5.74, 6) is 0.966. The van der Waals surface area contributed by atoms with Gasteiger partial charge < -0.3 is 4.98 Å². The number of nitrogens with one attached hydrogen (secondary N) is 1. The molecule has 1 aliphatic heterocycles. The molecule has 0 saturated carbocycles. The monoisotopic (exact) mass is 255 g/mol. The summed E-state index contributed by atoms with van der Waals surface area (Å²) in [6.45, 7) is 6.76. The van der Waals surface area contributed by atoms with Crippen LogP contribution < -0.4 is 0 Å². The van der Waals surface area contributed by atoms with E-state index in [4.69, 9.17) is 0 Å². The summed E-state index contributed by atoms with van der Waals surface area (Å²) in [4.78, 5) is 10.1. The average molecular weight is 255 g/mol. The molecule has 100 valence electrons. The molecule has 0 spiro atoms. The molecule has 2 heterocycles. The lowest BCUT2D eigenvalue weighted by Crippen LogP contribution is -2.23. The summed E-state index contributed by atoms with van der Waals surface area (Å²) in [6.07, 6.45) is 4.59. The predicted octanol–water partition coefficient (Wildman–Crippen LogP) is 3.54. The summed E-state index contributed by atoms with van der Waals surface area (Å²) in [5.41, 5.74) is 3.73. The molecular formula is C16H21N3. The van der Waals surface area contributed by atoms with E-state index in [0.29, 0.717) is 6.04 Å². The first kappa shape index (κ1) is 12.4. The first-order valence-electron chi connectivity index (χ1n) is 7.10. The van der Waals surface area contributed by atoms with Crippen molar-refractivity contribution in [2.75, 3.05) is 13.1 Å². The van der Waals surface area contributed by atoms with Gasteiger partial charge in [-0.1, -0.05) is 18.2 Å². The van der Waals surface area contributed by atoms with Crippen LogP contribution in [0.3, 0.4) is 0 Å². The van der Waals surface area contributed by atoms with Crippen molar-refractivity contribution in [2.45, 2.75) is 32.7 Å². The maximum atomic E-state index is 4.28. The van der Waals surface area contributed by atoms with Crippen molar-refractivity contribution >= 4 is 0 Å². The number of benzene rings is 1. The highest BCUT2D eigenvalue weighted by atomic mass is 15.2. The fourth-order valence-corrected chi connectivity index (χ4v) is 2.87. The number of likely N-dealkylation sites (tertiary alicyclic amines) is 1. The molecule has 0 unspecified atom stereocenters. The first-order chi connectivity index (χ1) is 9.24. The molecule has 0 radical (unpaired) electrons. The molecule has 1 atom stereocenters. The number of nitrogens with zero attached hydrogens (tertiary/aromatic N) is 2. The van der Waals surface area contributed by atoms with Gasteiger partial charge in [0.2, 0.25) is 0 Å². The Kier molecular flexibility index (Phi) is 3.38. The van der Waals surface area contributed by atoms with E-state index in [1.807, 2.05) is 13.1 Å². The second kappa shape index (κ2) is 5.17. The second-order valence-electron chi connectivity index (χ2n) is 5.43. The molecule has 3 heteroatoms. The van der Waals surface area contributed by atoms with Gasteiger partial charge >= 0.3 is 0 Å². The third kappa shape index (κ3) is 2.56. The molecule has 1 aromatic carbocycles. The number of hydrogen-bond acceptors (Lipinski definition) is 2. The maximum absolute atomic E-state index is 4.28. The van der Waals surface area contributed by atoms with Gasteiger partial charge in [0, 0.05) is 6.04 Å². The van der Waals surface area contributed by atoms with Crippen LogP contribution in [0.15, 0.2) is 30.5 Å². The van der Waals surface area contributed by atoms with Gasteiger partial charge in [0.15, 0.2) is 0 Å². The zero-order valence-electron chi connectivity index (χ0n) is 11.7. The third-order valence-corrected chi connectivity index (χ3v) is 4.07. The van der Waals surface area contributed by atoms with Crippen LogP contribution in [0.25, 0.3) is 11.3 Å². The minimum atomic E-state index is 0.506. The quantitative estimate of drug-likeness (QED) is 0.909. The Morgan fingerprint density at radius 3 is 2.74 bits per heavy atom. The number of hydrogen-bond donors (Lipinski definition) is 1. The molecule has 3 rings (SSSR count). The summed E-state index contributed by atoms with van der Waals surface area (Å²) in [5, 5.41) is 0. The van der Waals surface area contributed by atoms with Crippen molar-refractivity contribution in [3.05, 3.63) is 41.9 Å². The number of H-pyrrole nitrogens is 1. The van der Waals surface area contributed by atoms with Crippen LogP contribution in [0.2, 0.25) is 0 Å². The standard InChI is InChI=1S/C16H21N3/c1-12(19-8-3-4-9-19)14-6-5-7-15(10-14)16-11-17-13(2)18-16/h5-7,10-12H,3-4,8-9H2,1-2H3,(H,17,18)/t12-/m0/s1. The average Bonchev–Trinajstić information content (AvgIpc) is 3.09. The SMILES string of the molecule is Cc1ncc(-c2cccc([C@H](C)N3CCCC3)c2)[nH]1. The van der Waals surface area contributed by atoms with Gasteiger partial charge in [-0.3, -0.25) is 4.90 Å². The van der Waals surface area contributed by atoms with Crippen LogP contribution in [0, 0.1) is 6.92 Å². The highest BCUT2D eigenvalue weighted by Crippen LogP contribution is 2.27. The molecule has 0 aliphatic carbocycles. The molecule has 1 aromatic heterocycles. The Labute approximate surface area is 114 Å². The van der Waals surface area contributed by atoms with E-state index in [-0.39, 0.29) is 0 Å². The van der Waals surface area contributed by atoms with E-state index >= 15 is 0 Å². The number of rotatable bonds is 3. The minimum Gasteiger partial charge on any atom is -0.342 e. The summed E-state index contributed by atoms with van der Waals surface area (Å²) in [6, 6.07) is 9.32. The number of aromatic nitrogens is 2. The zero-order valence-corrected chi connectivity index (χ0v) is 11.7. The fraction of sp³-hybridized carbons (Fsp3) is 0.438. The van der Waals surface area contributed by atoms with E-state index in [1.54, 1.807) is 0 Å². The molecule has 2 aromatic rings. The lowest BCUT2D eigenvalue weighted by molar-refractivity contribution is 0.263. The van der Waals surface area contributed by atoms with Crippen LogP contribution in [-0.4, -0.2) is 28.0 Å². The van der Waals surface area contributed by atoms with Gasteiger partial charge in [0.25, 0.3) is 0 Å². The highest BCUT2D eigenvalue weighted by Gasteiger charge is 2.19. The molecular weight excluding hydrogens is 234 g/mol. The van der Waals surface area contributed by atoms with Gasteiger partial charge in [0.1, 0.15) is 5.82 Å². The van der Waals surface area contributed by atoms with E-state index in [2.05, 4.69) is 46.1 Å². The summed E-state index contributed by atoms with van der Waals surface area (Å²) < 4.78 is 0. The molecule has 19 heavy (non-hydrogen) atoms.